The number of amides is 2. The lowest BCUT2D eigenvalue weighted by Crippen LogP contribution is -2.49. The van der Waals surface area contributed by atoms with Crippen molar-refractivity contribution in [2.24, 2.45) is 0 Å². The van der Waals surface area contributed by atoms with E-state index in [0.29, 0.717) is 25.1 Å². The highest BCUT2D eigenvalue weighted by atomic mass is 32.2. The maximum atomic E-state index is 12.2. The van der Waals surface area contributed by atoms with Gasteiger partial charge in [-0.25, -0.2) is 9.59 Å². The Morgan fingerprint density at radius 1 is 1.50 bits per heavy atom. The summed E-state index contributed by atoms with van der Waals surface area (Å²) in [6.07, 6.45) is 5.64. The van der Waals surface area contributed by atoms with Crippen LogP contribution < -0.4 is 5.32 Å². The molecule has 0 bridgehead atoms. The van der Waals surface area contributed by atoms with E-state index in [0.717, 1.165) is 19.3 Å². The Balaban J connectivity index is 2.51. The maximum absolute atomic E-state index is 12.2. The van der Waals surface area contributed by atoms with Crippen LogP contribution >= 0.6 is 11.8 Å². The van der Waals surface area contributed by atoms with Crippen molar-refractivity contribution in [1.29, 1.82) is 0 Å². The van der Waals surface area contributed by atoms with Crippen LogP contribution in [0, 0.1) is 0 Å². The minimum atomic E-state index is -0.987. The molecule has 2 atom stereocenters. The molecule has 3 N–H and O–H groups in total. The first-order valence-corrected chi connectivity index (χ1v) is 8.39. The summed E-state index contributed by atoms with van der Waals surface area (Å²) in [5, 5.41) is 20.6. The molecule has 0 spiro atoms. The van der Waals surface area contributed by atoms with Crippen LogP contribution in [0.1, 0.15) is 32.1 Å². The van der Waals surface area contributed by atoms with Gasteiger partial charge >= 0.3 is 12.0 Å². The maximum Gasteiger partial charge on any atom is 0.326 e. The van der Waals surface area contributed by atoms with E-state index < -0.39 is 12.0 Å². The zero-order valence-electron chi connectivity index (χ0n) is 11.9. The Labute approximate surface area is 123 Å². The van der Waals surface area contributed by atoms with E-state index in [1.165, 1.54) is 0 Å². The Morgan fingerprint density at radius 2 is 2.25 bits per heavy atom. The van der Waals surface area contributed by atoms with Gasteiger partial charge in [-0.05, 0) is 44.1 Å². The first-order valence-electron chi connectivity index (χ1n) is 7.00. The predicted octanol–water partition coefficient (Wildman–Crippen LogP) is 1.14. The molecule has 0 aromatic carbocycles. The highest BCUT2D eigenvalue weighted by molar-refractivity contribution is 7.98. The van der Waals surface area contributed by atoms with E-state index in [1.807, 2.05) is 6.26 Å². The van der Waals surface area contributed by atoms with Crippen molar-refractivity contribution in [2.75, 3.05) is 25.2 Å². The first kappa shape index (κ1) is 17.1. The first-order chi connectivity index (χ1) is 9.60. The number of hydrogen-bond acceptors (Lipinski definition) is 4. The average Bonchev–Trinajstić information content (AvgIpc) is 2.89. The number of aliphatic carboxylic acids is 1. The smallest absolute Gasteiger partial charge is 0.326 e. The van der Waals surface area contributed by atoms with Crippen molar-refractivity contribution in [3.05, 3.63) is 0 Å². The SMILES string of the molecule is CSCC[C@H](NC(=O)N1CCCC1CCCO)C(=O)O. The van der Waals surface area contributed by atoms with Crippen LogP contribution in [0.4, 0.5) is 4.79 Å². The van der Waals surface area contributed by atoms with Gasteiger partial charge in [-0.15, -0.1) is 0 Å². The minimum Gasteiger partial charge on any atom is -0.480 e. The summed E-state index contributed by atoms with van der Waals surface area (Å²) >= 11 is 1.56. The average molecular weight is 304 g/mol. The topological polar surface area (TPSA) is 89.9 Å². The van der Waals surface area contributed by atoms with Crippen molar-refractivity contribution < 1.29 is 19.8 Å². The van der Waals surface area contributed by atoms with Crippen LogP contribution in [-0.2, 0) is 4.79 Å². The number of rotatable bonds is 8. The van der Waals surface area contributed by atoms with Gasteiger partial charge in [0.15, 0.2) is 0 Å². The van der Waals surface area contributed by atoms with Crippen LogP contribution in [0.15, 0.2) is 0 Å². The fourth-order valence-corrected chi connectivity index (χ4v) is 2.93. The Kier molecular flexibility index (Phi) is 7.76. The number of likely N-dealkylation sites (tertiary alicyclic amines) is 1. The summed E-state index contributed by atoms with van der Waals surface area (Å²) in [5.74, 6) is -0.288. The lowest BCUT2D eigenvalue weighted by Gasteiger charge is -2.26. The molecule has 1 aliphatic heterocycles. The highest BCUT2D eigenvalue weighted by Crippen LogP contribution is 2.21. The zero-order valence-corrected chi connectivity index (χ0v) is 12.7. The predicted molar refractivity (Wildman–Crippen MR) is 79.0 cm³/mol. The Hall–Kier alpha value is -0.950. The lowest BCUT2D eigenvalue weighted by atomic mass is 10.1. The van der Waals surface area contributed by atoms with Crippen molar-refractivity contribution in [1.82, 2.24) is 10.2 Å². The van der Waals surface area contributed by atoms with Crippen LogP contribution in [0.3, 0.4) is 0 Å². The fraction of sp³-hybridized carbons (Fsp3) is 0.846. The molecular formula is C13H24N2O4S. The Morgan fingerprint density at radius 3 is 2.85 bits per heavy atom. The molecule has 6 nitrogen and oxygen atoms in total. The molecule has 0 aromatic rings. The second-order valence-corrected chi connectivity index (χ2v) is 5.96. The van der Waals surface area contributed by atoms with Gasteiger partial charge < -0.3 is 20.4 Å². The van der Waals surface area contributed by atoms with E-state index in [4.69, 9.17) is 10.2 Å². The molecule has 1 rings (SSSR count). The molecule has 1 aliphatic rings. The van der Waals surface area contributed by atoms with Gasteiger partial charge in [-0.1, -0.05) is 0 Å². The molecular weight excluding hydrogens is 280 g/mol. The van der Waals surface area contributed by atoms with Gasteiger partial charge in [0.1, 0.15) is 6.04 Å². The molecule has 7 heteroatoms. The molecule has 1 fully saturated rings. The van der Waals surface area contributed by atoms with Gasteiger partial charge in [-0.3, -0.25) is 0 Å². The quantitative estimate of drug-likeness (QED) is 0.625. The monoisotopic (exact) mass is 304 g/mol. The van der Waals surface area contributed by atoms with E-state index >= 15 is 0 Å². The molecule has 1 heterocycles. The second kappa shape index (κ2) is 9.07. The van der Waals surface area contributed by atoms with Crippen LogP contribution in [0.5, 0.6) is 0 Å². The van der Waals surface area contributed by atoms with E-state index in [2.05, 4.69) is 5.32 Å². The molecule has 2 amide bonds. The summed E-state index contributed by atoms with van der Waals surface area (Å²) in [4.78, 5) is 25.0. The number of hydrogen-bond donors (Lipinski definition) is 3. The standard InChI is InChI=1S/C13H24N2O4S/c1-20-9-6-11(12(17)18)14-13(19)15-7-2-4-10(15)5-3-8-16/h10-11,16H,2-9H2,1H3,(H,14,19)(H,17,18)/t10?,11-/m0/s1. The largest absolute Gasteiger partial charge is 0.480 e. The number of nitrogens with zero attached hydrogens (tertiary/aromatic N) is 1. The van der Waals surface area contributed by atoms with Crippen LogP contribution in [0.25, 0.3) is 0 Å². The number of carboxylic acid groups (broad SMARTS) is 1. The summed E-state index contributed by atoms with van der Waals surface area (Å²) in [7, 11) is 0. The molecule has 1 saturated heterocycles. The van der Waals surface area contributed by atoms with E-state index in [9.17, 15) is 9.59 Å². The number of nitrogens with one attached hydrogen (secondary N) is 1. The van der Waals surface area contributed by atoms with E-state index in [-0.39, 0.29) is 18.7 Å². The Bertz CT molecular complexity index is 327. The van der Waals surface area contributed by atoms with Gasteiger partial charge in [0, 0.05) is 19.2 Å². The molecule has 20 heavy (non-hydrogen) atoms. The molecule has 0 radical (unpaired) electrons. The van der Waals surface area contributed by atoms with Gasteiger partial charge in [-0.2, -0.15) is 11.8 Å². The van der Waals surface area contributed by atoms with Gasteiger partial charge in [0.25, 0.3) is 0 Å². The van der Waals surface area contributed by atoms with Crippen molar-refractivity contribution in [3.63, 3.8) is 0 Å². The molecule has 1 unspecified atom stereocenters. The summed E-state index contributed by atoms with van der Waals surface area (Å²) in [5.41, 5.74) is 0. The molecule has 0 aromatic heterocycles. The molecule has 0 saturated carbocycles. The summed E-state index contributed by atoms with van der Waals surface area (Å²) < 4.78 is 0. The minimum absolute atomic E-state index is 0.122. The fourth-order valence-electron chi connectivity index (χ4n) is 2.46. The summed E-state index contributed by atoms with van der Waals surface area (Å²) in [6.45, 7) is 0.786. The third-order valence-corrected chi connectivity index (χ3v) is 4.18. The third-order valence-electron chi connectivity index (χ3n) is 3.54. The molecule has 0 aliphatic carbocycles. The second-order valence-electron chi connectivity index (χ2n) is 4.98. The van der Waals surface area contributed by atoms with Crippen molar-refractivity contribution >= 4 is 23.8 Å². The number of carboxylic acids is 1. The van der Waals surface area contributed by atoms with Crippen molar-refractivity contribution in [3.8, 4) is 0 Å². The molecule has 116 valence electrons. The number of aliphatic hydroxyl groups excluding tert-OH is 1. The van der Waals surface area contributed by atoms with E-state index in [1.54, 1.807) is 16.7 Å². The number of carbonyl (C=O) groups excluding carboxylic acids is 1. The van der Waals surface area contributed by atoms with Crippen molar-refractivity contribution in [2.45, 2.75) is 44.2 Å². The van der Waals surface area contributed by atoms with Gasteiger partial charge in [0.2, 0.25) is 0 Å². The normalized spacial score (nSPS) is 19.9. The number of thioether (sulfide) groups is 1. The number of urea groups is 1. The summed E-state index contributed by atoms with van der Waals surface area (Å²) in [6, 6.07) is -0.995. The van der Waals surface area contributed by atoms with Gasteiger partial charge in [0.05, 0.1) is 0 Å². The zero-order chi connectivity index (χ0) is 15.0. The highest BCUT2D eigenvalue weighted by Gasteiger charge is 2.30. The number of carbonyl (C=O) groups is 2. The lowest BCUT2D eigenvalue weighted by molar-refractivity contribution is -0.139. The number of aliphatic hydroxyl groups is 1. The van der Waals surface area contributed by atoms with Crippen LogP contribution in [0.2, 0.25) is 0 Å². The third kappa shape index (κ3) is 5.20. The van der Waals surface area contributed by atoms with Crippen LogP contribution in [-0.4, -0.2) is 64.4 Å².